The zero-order valence-electron chi connectivity index (χ0n) is 9.51. The van der Waals surface area contributed by atoms with E-state index in [9.17, 15) is 0 Å². The minimum atomic E-state index is 0.587. The molecule has 2 heteroatoms. The predicted octanol–water partition coefficient (Wildman–Crippen LogP) is 2.19. The van der Waals surface area contributed by atoms with Crippen LogP contribution in [0.1, 0.15) is 39.5 Å². The summed E-state index contributed by atoms with van der Waals surface area (Å²) in [5.41, 5.74) is 0.669. The number of rotatable bonds is 5. The summed E-state index contributed by atoms with van der Waals surface area (Å²) in [5, 5.41) is 3.35. The van der Waals surface area contributed by atoms with E-state index in [2.05, 4.69) is 19.2 Å². The number of hydrogen-bond donors (Lipinski definition) is 1. The molecule has 0 atom stereocenters. The van der Waals surface area contributed by atoms with Crippen LogP contribution in [-0.4, -0.2) is 25.8 Å². The van der Waals surface area contributed by atoms with Gasteiger partial charge in [0, 0.05) is 25.1 Å². The third-order valence-corrected chi connectivity index (χ3v) is 3.60. The lowest BCUT2D eigenvalue weighted by Gasteiger charge is -2.54. The highest BCUT2D eigenvalue weighted by Crippen LogP contribution is 2.45. The van der Waals surface area contributed by atoms with Crippen LogP contribution in [0, 0.1) is 11.3 Å². The van der Waals surface area contributed by atoms with Crippen molar-refractivity contribution in [2.24, 2.45) is 11.3 Å². The molecular weight excluding hydrogens is 174 g/mol. The molecule has 0 aromatic rings. The van der Waals surface area contributed by atoms with E-state index in [1.165, 1.54) is 38.8 Å². The Morgan fingerprint density at radius 2 is 2.07 bits per heavy atom. The first-order valence-electron chi connectivity index (χ1n) is 6.03. The van der Waals surface area contributed by atoms with Crippen LogP contribution in [0.25, 0.3) is 0 Å². The molecule has 0 radical (unpaired) electrons. The molecule has 0 aromatic carbocycles. The molecular formula is C12H23NO. The second-order valence-electron chi connectivity index (χ2n) is 5.54. The Balaban J connectivity index is 1.48. The highest BCUT2D eigenvalue weighted by atomic mass is 16.5. The number of hydrogen-bond acceptors (Lipinski definition) is 2. The van der Waals surface area contributed by atoms with Gasteiger partial charge in [0.1, 0.15) is 0 Å². The highest BCUT2D eigenvalue weighted by Gasteiger charge is 2.48. The fourth-order valence-corrected chi connectivity index (χ4v) is 2.53. The first-order valence-corrected chi connectivity index (χ1v) is 6.03. The molecule has 0 bridgehead atoms. The molecule has 1 aliphatic carbocycles. The van der Waals surface area contributed by atoms with Gasteiger partial charge in [-0.2, -0.15) is 0 Å². The van der Waals surface area contributed by atoms with Crippen molar-refractivity contribution in [3.63, 3.8) is 0 Å². The molecule has 1 spiro atoms. The molecule has 2 nitrogen and oxygen atoms in total. The fourth-order valence-electron chi connectivity index (χ4n) is 2.53. The molecule has 0 amide bonds. The fraction of sp³-hybridized carbons (Fsp3) is 1.00. The van der Waals surface area contributed by atoms with Gasteiger partial charge in [-0.25, -0.2) is 0 Å². The smallest absolute Gasteiger partial charge is 0.0587 e. The Morgan fingerprint density at radius 3 is 2.57 bits per heavy atom. The maximum Gasteiger partial charge on any atom is 0.0587 e. The Morgan fingerprint density at radius 1 is 1.36 bits per heavy atom. The van der Waals surface area contributed by atoms with Crippen LogP contribution in [-0.2, 0) is 4.74 Å². The van der Waals surface area contributed by atoms with E-state index >= 15 is 0 Å². The molecule has 0 unspecified atom stereocenters. The van der Waals surface area contributed by atoms with Crippen molar-refractivity contribution in [1.29, 1.82) is 0 Å². The summed E-state index contributed by atoms with van der Waals surface area (Å²) in [7, 11) is 0. The Labute approximate surface area is 87.4 Å². The van der Waals surface area contributed by atoms with E-state index in [-0.39, 0.29) is 0 Å². The number of nitrogens with one attached hydrogen (secondary N) is 1. The zero-order valence-corrected chi connectivity index (χ0v) is 9.51. The van der Waals surface area contributed by atoms with Gasteiger partial charge in [-0.05, 0) is 31.6 Å². The van der Waals surface area contributed by atoms with Crippen LogP contribution >= 0.6 is 0 Å². The van der Waals surface area contributed by atoms with Gasteiger partial charge in [0.05, 0.1) is 6.10 Å². The maximum absolute atomic E-state index is 5.83. The van der Waals surface area contributed by atoms with Gasteiger partial charge in [-0.3, -0.25) is 0 Å². The molecule has 2 fully saturated rings. The molecule has 82 valence electrons. The van der Waals surface area contributed by atoms with Gasteiger partial charge < -0.3 is 10.1 Å². The van der Waals surface area contributed by atoms with Crippen molar-refractivity contribution in [3.05, 3.63) is 0 Å². The highest BCUT2D eigenvalue weighted by molar-refractivity contribution is 5.03. The van der Waals surface area contributed by atoms with Crippen LogP contribution < -0.4 is 5.32 Å². The second-order valence-corrected chi connectivity index (χ2v) is 5.54. The summed E-state index contributed by atoms with van der Waals surface area (Å²) in [6.07, 6.45) is 5.74. The van der Waals surface area contributed by atoms with Gasteiger partial charge in [-0.15, -0.1) is 0 Å². The van der Waals surface area contributed by atoms with Crippen LogP contribution in [0.5, 0.6) is 0 Å². The van der Waals surface area contributed by atoms with Gasteiger partial charge >= 0.3 is 0 Å². The van der Waals surface area contributed by atoms with Crippen molar-refractivity contribution in [1.82, 2.24) is 5.32 Å². The van der Waals surface area contributed by atoms with E-state index in [0.29, 0.717) is 11.5 Å². The lowest BCUT2D eigenvalue weighted by atomic mass is 9.63. The molecule has 1 N–H and O–H groups in total. The molecule has 1 aliphatic heterocycles. The molecule has 1 saturated heterocycles. The molecule has 14 heavy (non-hydrogen) atoms. The van der Waals surface area contributed by atoms with Crippen LogP contribution in [0.3, 0.4) is 0 Å². The predicted molar refractivity (Wildman–Crippen MR) is 58.3 cm³/mol. The van der Waals surface area contributed by atoms with E-state index < -0.39 is 0 Å². The minimum absolute atomic E-state index is 0.587. The summed E-state index contributed by atoms with van der Waals surface area (Å²) in [4.78, 5) is 0. The Kier molecular flexibility index (Phi) is 3.13. The Hall–Kier alpha value is -0.0800. The van der Waals surface area contributed by atoms with Crippen molar-refractivity contribution in [2.75, 3.05) is 19.7 Å². The molecule has 0 aromatic heterocycles. The molecule has 1 saturated carbocycles. The third kappa shape index (κ3) is 2.29. The van der Waals surface area contributed by atoms with Crippen molar-refractivity contribution < 1.29 is 4.74 Å². The van der Waals surface area contributed by atoms with Crippen LogP contribution in [0.2, 0.25) is 0 Å². The van der Waals surface area contributed by atoms with E-state index in [4.69, 9.17) is 4.74 Å². The summed E-state index contributed by atoms with van der Waals surface area (Å²) in [6.45, 7) is 8.00. The first-order chi connectivity index (χ1) is 6.70. The van der Waals surface area contributed by atoms with Crippen LogP contribution in [0.15, 0.2) is 0 Å². The summed E-state index contributed by atoms with van der Waals surface area (Å²) < 4.78 is 5.83. The number of ether oxygens (including phenoxy) is 1. The first kappa shape index (κ1) is 10.4. The zero-order chi connectivity index (χ0) is 10.0. The molecule has 1 heterocycles. The van der Waals surface area contributed by atoms with Gasteiger partial charge in [0.25, 0.3) is 0 Å². The lowest BCUT2D eigenvalue weighted by molar-refractivity contribution is -0.104. The maximum atomic E-state index is 5.83. The van der Waals surface area contributed by atoms with Gasteiger partial charge in [0.15, 0.2) is 0 Å². The Bertz CT molecular complexity index is 179. The van der Waals surface area contributed by atoms with E-state index in [0.717, 1.165) is 12.5 Å². The SMILES string of the molecule is CC(C)CCCOC1CC2(CNC2)C1. The topological polar surface area (TPSA) is 21.3 Å². The summed E-state index contributed by atoms with van der Waals surface area (Å²) in [6, 6.07) is 0. The monoisotopic (exact) mass is 197 g/mol. The van der Waals surface area contributed by atoms with Crippen molar-refractivity contribution >= 4 is 0 Å². The quantitative estimate of drug-likeness (QED) is 0.682. The third-order valence-electron chi connectivity index (χ3n) is 3.60. The van der Waals surface area contributed by atoms with E-state index in [1.54, 1.807) is 0 Å². The lowest BCUT2D eigenvalue weighted by Crippen LogP contribution is -2.62. The average Bonchev–Trinajstić information content (AvgIpc) is 1.96. The van der Waals surface area contributed by atoms with Gasteiger partial charge in [-0.1, -0.05) is 13.8 Å². The van der Waals surface area contributed by atoms with Crippen molar-refractivity contribution in [2.45, 2.75) is 45.6 Å². The normalized spacial score (nSPS) is 25.1. The van der Waals surface area contributed by atoms with Gasteiger partial charge in [0.2, 0.25) is 0 Å². The van der Waals surface area contributed by atoms with Crippen molar-refractivity contribution in [3.8, 4) is 0 Å². The molecule has 2 rings (SSSR count). The standard InChI is InChI=1S/C12H23NO/c1-10(2)4-3-5-14-11-6-12(7-11)8-13-9-12/h10-11,13H,3-9H2,1-2H3. The average molecular weight is 197 g/mol. The molecule has 2 aliphatic rings. The van der Waals surface area contributed by atoms with E-state index in [1.807, 2.05) is 0 Å². The largest absolute Gasteiger partial charge is 0.378 e. The second kappa shape index (κ2) is 4.19. The minimum Gasteiger partial charge on any atom is -0.378 e. The summed E-state index contributed by atoms with van der Waals surface area (Å²) in [5.74, 6) is 0.821. The van der Waals surface area contributed by atoms with Crippen LogP contribution in [0.4, 0.5) is 0 Å². The summed E-state index contributed by atoms with van der Waals surface area (Å²) >= 11 is 0.